The first-order valence-corrected chi connectivity index (χ1v) is 14.5. The van der Waals surface area contributed by atoms with Crippen molar-refractivity contribution < 1.29 is 18.0 Å². The van der Waals surface area contributed by atoms with Crippen LogP contribution < -0.4 is 14.9 Å². The number of hydrogen-bond acceptors (Lipinski definition) is 4. The summed E-state index contributed by atoms with van der Waals surface area (Å²) in [6.45, 7) is 2.36. The van der Waals surface area contributed by atoms with Gasteiger partial charge in [0, 0.05) is 16.7 Å². The molecule has 194 valence electrons. The van der Waals surface area contributed by atoms with Crippen LogP contribution in [0.1, 0.15) is 17.5 Å². The third-order valence-corrected chi connectivity index (χ3v) is 9.38. The standard InChI is InChI=1S/C26H24BrCl2N3O4S/c1-16-14-18(10-11-19(16)27)32-13-12-22(26(32)34)30-25(33)23(15-17-6-3-2-4-7-17)31-37(35,36)24-20(28)8-5-9-21(24)29/h2-11,14,22-23,31H,12-13,15H2,1H3,(H,30,33). The van der Waals surface area contributed by atoms with E-state index in [1.165, 1.54) is 18.2 Å². The zero-order valence-corrected chi connectivity index (χ0v) is 23.7. The molecule has 0 saturated carbocycles. The van der Waals surface area contributed by atoms with Crippen LogP contribution in [0.15, 0.2) is 76.1 Å². The Bertz CT molecular complexity index is 1420. The molecule has 4 rings (SSSR count). The van der Waals surface area contributed by atoms with E-state index in [1.54, 1.807) is 29.2 Å². The van der Waals surface area contributed by atoms with Gasteiger partial charge in [0.25, 0.3) is 0 Å². The summed E-state index contributed by atoms with van der Waals surface area (Å²) >= 11 is 15.7. The lowest BCUT2D eigenvalue weighted by Gasteiger charge is -2.22. The molecule has 7 nitrogen and oxygen atoms in total. The highest BCUT2D eigenvalue weighted by Gasteiger charge is 2.36. The quantitative estimate of drug-likeness (QED) is 0.374. The summed E-state index contributed by atoms with van der Waals surface area (Å²) in [6.07, 6.45) is 0.450. The lowest BCUT2D eigenvalue weighted by molar-refractivity contribution is -0.127. The Morgan fingerprint density at radius 1 is 1.08 bits per heavy atom. The summed E-state index contributed by atoms with van der Waals surface area (Å²) in [5.41, 5.74) is 2.45. The van der Waals surface area contributed by atoms with Crippen molar-refractivity contribution in [2.75, 3.05) is 11.4 Å². The largest absolute Gasteiger partial charge is 0.343 e. The number of carbonyl (C=O) groups excluding carboxylic acids is 2. The van der Waals surface area contributed by atoms with E-state index >= 15 is 0 Å². The fourth-order valence-corrected chi connectivity index (χ4v) is 6.75. The first-order valence-electron chi connectivity index (χ1n) is 11.4. The van der Waals surface area contributed by atoms with Gasteiger partial charge in [0.2, 0.25) is 21.8 Å². The number of benzene rings is 3. The smallest absolute Gasteiger partial charge is 0.249 e. The number of anilines is 1. The number of amides is 2. The van der Waals surface area contributed by atoms with Gasteiger partial charge in [-0.05, 0) is 61.2 Å². The van der Waals surface area contributed by atoms with Gasteiger partial charge in [-0.15, -0.1) is 0 Å². The van der Waals surface area contributed by atoms with E-state index < -0.39 is 28.0 Å². The van der Waals surface area contributed by atoms with Gasteiger partial charge in [-0.1, -0.05) is 75.5 Å². The van der Waals surface area contributed by atoms with Gasteiger partial charge in [-0.3, -0.25) is 9.59 Å². The van der Waals surface area contributed by atoms with Gasteiger partial charge < -0.3 is 10.2 Å². The van der Waals surface area contributed by atoms with Crippen LogP contribution in [0.2, 0.25) is 10.0 Å². The molecule has 2 N–H and O–H groups in total. The lowest BCUT2D eigenvalue weighted by atomic mass is 10.1. The monoisotopic (exact) mass is 623 g/mol. The summed E-state index contributed by atoms with van der Waals surface area (Å²) in [5, 5.41) is 2.62. The van der Waals surface area contributed by atoms with E-state index in [2.05, 4.69) is 26.0 Å². The molecule has 0 spiro atoms. The Kier molecular flexibility index (Phi) is 8.60. The summed E-state index contributed by atoms with van der Waals surface area (Å²) in [6, 6.07) is 16.9. The van der Waals surface area contributed by atoms with Crippen molar-refractivity contribution in [1.82, 2.24) is 10.0 Å². The van der Waals surface area contributed by atoms with E-state index in [9.17, 15) is 18.0 Å². The Morgan fingerprint density at radius 2 is 1.76 bits per heavy atom. The molecule has 0 bridgehead atoms. The number of nitrogens with zero attached hydrogens (tertiary/aromatic N) is 1. The van der Waals surface area contributed by atoms with Crippen LogP contribution in [0.3, 0.4) is 0 Å². The highest BCUT2D eigenvalue weighted by atomic mass is 79.9. The van der Waals surface area contributed by atoms with E-state index in [4.69, 9.17) is 23.2 Å². The highest BCUT2D eigenvalue weighted by molar-refractivity contribution is 9.10. The first kappa shape index (κ1) is 27.6. The number of rotatable bonds is 8. The van der Waals surface area contributed by atoms with Crippen molar-refractivity contribution in [2.45, 2.75) is 36.7 Å². The molecular formula is C26H24BrCl2N3O4S. The van der Waals surface area contributed by atoms with Crippen molar-refractivity contribution in [3.63, 3.8) is 0 Å². The molecule has 0 aliphatic carbocycles. The second-order valence-corrected chi connectivity index (χ2v) is 12.0. The maximum Gasteiger partial charge on any atom is 0.249 e. The Hall–Kier alpha value is -2.43. The molecule has 1 aliphatic heterocycles. The van der Waals surface area contributed by atoms with Gasteiger partial charge in [0.15, 0.2) is 0 Å². The second-order valence-electron chi connectivity index (χ2n) is 8.69. The van der Waals surface area contributed by atoms with Gasteiger partial charge in [0.1, 0.15) is 17.0 Å². The third-order valence-electron chi connectivity index (χ3n) is 6.06. The summed E-state index contributed by atoms with van der Waals surface area (Å²) < 4.78 is 29.9. The van der Waals surface area contributed by atoms with Crippen LogP contribution in [0, 0.1) is 6.92 Å². The minimum absolute atomic E-state index is 0.0600. The van der Waals surface area contributed by atoms with Crippen molar-refractivity contribution in [2.24, 2.45) is 0 Å². The van der Waals surface area contributed by atoms with E-state index in [1.807, 2.05) is 31.2 Å². The van der Waals surface area contributed by atoms with E-state index in [0.29, 0.717) is 13.0 Å². The fourth-order valence-electron chi connectivity index (χ4n) is 4.16. The predicted molar refractivity (Wildman–Crippen MR) is 148 cm³/mol. The van der Waals surface area contributed by atoms with Gasteiger partial charge in [-0.2, -0.15) is 4.72 Å². The van der Waals surface area contributed by atoms with Crippen LogP contribution in [-0.4, -0.2) is 38.9 Å². The first-order chi connectivity index (χ1) is 17.6. The Morgan fingerprint density at radius 3 is 2.41 bits per heavy atom. The van der Waals surface area contributed by atoms with Gasteiger partial charge in [0.05, 0.1) is 10.0 Å². The average molecular weight is 625 g/mol. The maximum absolute atomic E-state index is 13.4. The molecule has 11 heteroatoms. The molecule has 2 amide bonds. The van der Waals surface area contributed by atoms with Crippen molar-refractivity contribution >= 4 is 66.7 Å². The highest BCUT2D eigenvalue weighted by Crippen LogP contribution is 2.30. The molecule has 37 heavy (non-hydrogen) atoms. The number of aryl methyl sites for hydroxylation is 1. The zero-order valence-electron chi connectivity index (χ0n) is 19.7. The molecule has 1 fully saturated rings. The molecule has 2 atom stereocenters. The van der Waals surface area contributed by atoms with Crippen molar-refractivity contribution in [1.29, 1.82) is 0 Å². The minimum atomic E-state index is -4.27. The van der Waals surface area contributed by atoms with Crippen LogP contribution in [-0.2, 0) is 26.0 Å². The summed E-state index contributed by atoms with van der Waals surface area (Å²) in [4.78, 5) is 27.8. The zero-order chi connectivity index (χ0) is 26.7. The molecule has 1 saturated heterocycles. The molecular weight excluding hydrogens is 601 g/mol. The average Bonchev–Trinajstić information content (AvgIpc) is 3.20. The molecule has 1 heterocycles. The van der Waals surface area contributed by atoms with Gasteiger partial charge >= 0.3 is 0 Å². The number of nitrogens with one attached hydrogen (secondary N) is 2. The normalized spacial score (nSPS) is 16.6. The number of halogens is 3. The predicted octanol–water partition coefficient (Wildman–Crippen LogP) is 4.88. The maximum atomic E-state index is 13.4. The fraction of sp³-hybridized carbons (Fsp3) is 0.231. The molecule has 2 unspecified atom stereocenters. The molecule has 0 aromatic heterocycles. The number of hydrogen-bond donors (Lipinski definition) is 2. The lowest BCUT2D eigenvalue weighted by Crippen LogP contribution is -2.52. The third kappa shape index (κ3) is 6.35. The van der Waals surface area contributed by atoms with Crippen molar-refractivity contribution in [3.05, 3.63) is 92.4 Å². The summed E-state index contributed by atoms with van der Waals surface area (Å²) in [7, 11) is -4.27. The van der Waals surface area contributed by atoms with Crippen LogP contribution in [0.25, 0.3) is 0 Å². The van der Waals surface area contributed by atoms with Crippen molar-refractivity contribution in [3.8, 4) is 0 Å². The Balaban J connectivity index is 1.56. The second kappa shape index (κ2) is 11.5. The molecule has 0 radical (unpaired) electrons. The van der Waals surface area contributed by atoms with Crippen LogP contribution in [0.5, 0.6) is 0 Å². The van der Waals surface area contributed by atoms with E-state index in [0.717, 1.165) is 21.3 Å². The SMILES string of the molecule is Cc1cc(N2CCC(NC(=O)C(Cc3ccccc3)NS(=O)(=O)c3c(Cl)cccc3Cl)C2=O)ccc1Br. The van der Waals surface area contributed by atoms with Crippen LogP contribution >= 0.6 is 39.1 Å². The minimum Gasteiger partial charge on any atom is -0.343 e. The van der Waals surface area contributed by atoms with Crippen LogP contribution in [0.4, 0.5) is 5.69 Å². The number of sulfonamides is 1. The summed E-state index contributed by atoms with van der Waals surface area (Å²) in [5.74, 6) is -0.881. The molecule has 3 aromatic carbocycles. The molecule has 1 aliphatic rings. The number of carbonyl (C=O) groups is 2. The van der Waals surface area contributed by atoms with Gasteiger partial charge in [-0.25, -0.2) is 8.42 Å². The topological polar surface area (TPSA) is 95.6 Å². The Labute approximate surface area is 234 Å². The molecule has 3 aromatic rings. The van der Waals surface area contributed by atoms with E-state index in [-0.39, 0.29) is 27.3 Å².